The van der Waals surface area contributed by atoms with Gasteiger partial charge in [-0.1, -0.05) is 164 Å². The van der Waals surface area contributed by atoms with Crippen molar-refractivity contribution in [1.82, 2.24) is 24.1 Å². The van der Waals surface area contributed by atoms with E-state index in [2.05, 4.69) is 221 Å². The minimum Gasteiger partial charge on any atom is -0.309 e. The van der Waals surface area contributed by atoms with Crippen LogP contribution in [0.2, 0.25) is 0 Å². The maximum absolute atomic E-state index is 5.38. The highest BCUT2D eigenvalue weighted by molar-refractivity contribution is 6.15. The van der Waals surface area contributed by atoms with Crippen molar-refractivity contribution in [3.63, 3.8) is 0 Å². The average molecular weight is 790 g/mol. The summed E-state index contributed by atoms with van der Waals surface area (Å²) in [5.41, 5.74) is 9.62. The first-order valence-electron chi connectivity index (χ1n) is 21.0. The number of aromatic nitrogens is 5. The van der Waals surface area contributed by atoms with E-state index in [4.69, 9.17) is 15.0 Å². The molecule has 0 aliphatic heterocycles. The molecule has 5 heteroatoms. The molecular formula is C57H35N5. The highest BCUT2D eigenvalue weighted by atomic mass is 15.0. The number of nitrogens with zero attached hydrogens (tertiary/aromatic N) is 5. The fraction of sp³-hybridized carbons (Fsp3) is 0. The first-order valence-corrected chi connectivity index (χ1v) is 21.0. The molecule has 0 unspecified atom stereocenters. The Morgan fingerprint density at radius 1 is 0.274 bits per heavy atom. The zero-order chi connectivity index (χ0) is 40.7. The van der Waals surface area contributed by atoms with E-state index < -0.39 is 0 Å². The summed E-state index contributed by atoms with van der Waals surface area (Å²) in [5, 5.41) is 11.7. The van der Waals surface area contributed by atoms with Gasteiger partial charge in [0.1, 0.15) is 0 Å². The second-order valence-corrected chi connectivity index (χ2v) is 16.0. The normalized spacial score (nSPS) is 11.9. The zero-order valence-corrected chi connectivity index (χ0v) is 33.4. The summed E-state index contributed by atoms with van der Waals surface area (Å²) in [4.78, 5) is 16.0. The number of fused-ring (bicyclic) bond motifs is 9. The van der Waals surface area contributed by atoms with Gasteiger partial charge in [0.05, 0.1) is 27.8 Å². The summed E-state index contributed by atoms with van der Waals surface area (Å²) < 4.78 is 4.76. The minimum atomic E-state index is 0.618. The van der Waals surface area contributed by atoms with E-state index in [1.807, 2.05) is 0 Å². The fourth-order valence-electron chi connectivity index (χ4n) is 9.73. The van der Waals surface area contributed by atoms with Crippen LogP contribution < -0.4 is 0 Å². The van der Waals surface area contributed by atoms with Gasteiger partial charge in [0, 0.05) is 49.3 Å². The molecule has 0 fully saturated rings. The molecule has 0 bridgehead atoms. The topological polar surface area (TPSA) is 48.5 Å². The van der Waals surface area contributed by atoms with Crippen molar-refractivity contribution in [2.45, 2.75) is 0 Å². The minimum absolute atomic E-state index is 0.618. The standard InChI is InChI=1S/C57H35N5/c1-2-19-40(20-3-1)61-50-28-10-8-22-44(50)46-32-31-39(35-53(46)61)55-58-56(47-26-12-18-36-15-6-7-21-41(36)47)60-57(59-55)48-27-13-25-43-42(48)24-14-30-52(43)62-51-29-11-9-23-45(51)49-33-37-16-4-5-17-38(37)34-54(49)62/h1-35H. The number of benzene rings is 10. The molecule has 0 radical (unpaired) electrons. The first-order chi connectivity index (χ1) is 30.7. The molecule has 62 heavy (non-hydrogen) atoms. The molecule has 0 N–H and O–H groups in total. The van der Waals surface area contributed by atoms with Crippen LogP contribution >= 0.6 is 0 Å². The van der Waals surface area contributed by atoms with Crippen molar-refractivity contribution in [3.8, 4) is 45.5 Å². The molecule has 0 aliphatic rings. The van der Waals surface area contributed by atoms with Crippen LogP contribution in [0, 0.1) is 0 Å². The molecule has 3 aromatic heterocycles. The molecule has 0 amide bonds. The number of para-hydroxylation sites is 3. The van der Waals surface area contributed by atoms with Crippen molar-refractivity contribution < 1.29 is 0 Å². The van der Waals surface area contributed by atoms with Crippen LogP contribution in [0.5, 0.6) is 0 Å². The van der Waals surface area contributed by atoms with Crippen molar-refractivity contribution >= 4 is 75.9 Å². The molecule has 0 saturated carbocycles. The quantitative estimate of drug-likeness (QED) is 0.174. The first kappa shape index (κ1) is 34.5. The third kappa shape index (κ3) is 5.25. The van der Waals surface area contributed by atoms with Crippen LogP contribution in [0.15, 0.2) is 212 Å². The highest BCUT2D eigenvalue weighted by Gasteiger charge is 2.20. The molecule has 13 rings (SSSR count). The third-order valence-corrected chi connectivity index (χ3v) is 12.5. The number of hydrogen-bond acceptors (Lipinski definition) is 3. The van der Waals surface area contributed by atoms with Crippen molar-refractivity contribution in [3.05, 3.63) is 212 Å². The summed E-state index contributed by atoms with van der Waals surface area (Å²) in [6.07, 6.45) is 0. The fourth-order valence-corrected chi connectivity index (χ4v) is 9.73. The lowest BCUT2D eigenvalue weighted by molar-refractivity contribution is 1.08. The Bertz CT molecular complexity index is 3930. The Labute approximate surface area is 356 Å². The van der Waals surface area contributed by atoms with Crippen LogP contribution in [-0.4, -0.2) is 24.1 Å². The van der Waals surface area contributed by atoms with Gasteiger partial charge >= 0.3 is 0 Å². The Morgan fingerprint density at radius 3 is 1.58 bits per heavy atom. The van der Waals surface area contributed by atoms with E-state index in [-0.39, 0.29) is 0 Å². The van der Waals surface area contributed by atoms with E-state index in [0.29, 0.717) is 17.5 Å². The lowest BCUT2D eigenvalue weighted by atomic mass is 10.0. The van der Waals surface area contributed by atoms with Gasteiger partial charge in [-0.3, -0.25) is 0 Å². The van der Waals surface area contributed by atoms with Gasteiger partial charge in [0.25, 0.3) is 0 Å². The predicted molar refractivity (Wildman–Crippen MR) is 257 cm³/mol. The number of rotatable bonds is 5. The summed E-state index contributed by atoms with van der Waals surface area (Å²) in [6, 6.07) is 75.7. The summed E-state index contributed by atoms with van der Waals surface area (Å²) in [5.74, 6) is 1.87. The zero-order valence-electron chi connectivity index (χ0n) is 33.4. The van der Waals surface area contributed by atoms with Crippen LogP contribution in [0.3, 0.4) is 0 Å². The van der Waals surface area contributed by atoms with Gasteiger partial charge in [0.15, 0.2) is 17.5 Å². The van der Waals surface area contributed by atoms with Crippen LogP contribution in [0.4, 0.5) is 0 Å². The largest absolute Gasteiger partial charge is 0.309 e. The van der Waals surface area contributed by atoms with E-state index >= 15 is 0 Å². The second kappa shape index (κ2) is 13.6. The maximum Gasteiger partial charge on any atom is 0.164 e. The van der Waals surface area contributed by atoms with Gasteiger partial charge in [-0.15, -0.1) is 0 Å². The van der Waals surface area contributed by atoms with Gasteiger partial charge in [0.2, 0.25) is 0 Å². The summed E-state index contributed by atoms with van der Waals surface area (Å²) in [7, 11) is 0. The van der Waals surface area contributed by atoms with Crippen molar-refractivity contribution in [2.75, 3.05) is 0 Å². The van der Waals surface area contributed by atoms with Gasteiger partial charge in [-0.05, 0) is 75.5 Å². The van der Waals surface area contributed by atoms with E-state index in [9.17, 15) is 0 Å². The highest BCUT2D eigenvalue weighted by Crippen LogP contribution is 2.40. The predicted octanol–water partition coefficient (Wildman–Crippen LogP) is 14.5. The van der Waals surface area contributed by atoms with E-state index in [1.54, 1.807) is 0 Å². The van der Waals surface area contributed by atoms with Crippen LogP contribution in [0.1, 0.15) is 0 Å². The van der Waals surface area contributed by atoms with Gasteiger partial charge < -0.3 is 9.13 Å². The van der Waals surface area contributed by atoms with Gasteiger partial charge in [-0.2, -0.15) is 0 Å². The maximum atomic E-state index is 5.38. The summed E-state index contributed by atoms with van der Waals surface area (Å²) >= 11 is 0. The molecule has 0 aliphatic carbocycles. The Kier molecular flexibility index (Phi) is 7.54. The average Bonchev–Trinajstić information content (AvgIpc) is 3.84. The van der Waals surface area contributed by atoms with Crippen molar-refractivity contribution in [2.24, 2.45) is 0 Å². The monoisotopic (exact) mass is 789 g/mol. The molecule has 0 saturated heterocycles. The van der Waals surface area contributed by atoms with Crippen molar-refractivity contribution in [1.29, 1.82) is 0 Å². The third-order valence-electron chi connectivity index (χ3n) is 12.5. The number of hydrogen-bond donors (Lipinski definition) is 0. The molecule has 13 aromatic rings. The second-order valence-electron chi connectivity index (χ2n) is 16.0. The molecule has 3 heterocycles. The molecule has 0 spiro atoms. The Balaban J connectivity index is 1.06. The van der Waals surface area contributed by atoms with E-state index in [1.165, 1.54) is 43.4 Å². The molecule has 10 aromatic carbocycles. The van der Waals surface area contributed by atoms with Crippen LogP contribution in [0.25, 0.3) is 121 Å². The summed E-state index contributed by atoms with van der Waals surface area (Å²) in [6.45, 7) is 0. The lowest BCUT2D eigenvalue weighted by Crippen LogP contribution is -2.02. The SMILES string of the molecule is c1ccc(-n2c3ccccc3c3ccc(-c4nc(-c5cccc6ccccc56)nc(-c5cccc6c(-n7c8ccccc8c8cc9ccccc9cc87)cccc56)n4)cc32)cc1. The van der Waals surface area contributed by atoms with Gasteiger partial charge in [-0.25, -0.2) is 15.0 Å². The molecule has 0 atom stereocenters. The molecule has 288 valence electrons. The Morgan fingerprint density at radius 2 is 0.790 bits per heavy atom. The lowest BCUT2D eigenvalue weighted by Gasteiger charge is -2.15. The smallest absolute Gasteiger partial charge is 0.164 e. The molecular weight excluding hydrogens is 755 g/mol. The Hall–Kier alpha value is -8.41. The molecule has 5 nitrogen and oxygen atoms in total. The van der Waals surface area contributed by atoms with Crippen LogP contribution in [-0.2, 0) is 0 Å². The van der Waals surface area contributed by atoms with E-state index in [0.717, 1.165) is 60.6 Å².